The van der Waals surface area contributed by atoms with Crippen LogP contribution in [-0.4, -0.2) is 84.2 Å². The lowest BCUT2D eigenvalue weighted by molar-refractivity contribution is -0.0603. The number of rotatable bonds is 10. The first-order valence-electron chi connectivity index (χ1n) is 9.55. The highest BCUT2D eigenvalue weighted by Gasteiger charge is 2.40. The third kappa shape index (κ3) is 7.81. The maximum atomic E-state index is 12.8. The van der Waals surface area contributed by atoms with Crippen LogP contribution in [0.1, 0.15) is 40.5 Å². The molecule has 2 rings (SSSR count). The summed E-state index contributed by atoms with van der Waals surface area (Å²) in [6.07, 6.45) is -0.335. The predicted molar refractivity (Wildman–Crippen MR) is 104 cm³/mol. The van der Waals surface area contributed by atoms with Crippen molar-refractivity contribution in [2.45, 2.75) is 89.2 Å². The molecule has 2 saturated heterocycles. The zero-order chi connectivity index (χ0) is 20.2. The van der Waals surface area contributed by atoms with Crippen LogP contribution in [0.4, 0.5) is 0 Å². The molecule has 0 amide bonds. The van der Waals surface area contributed by atoms with Gasteiger partial charge in [-0.3, -0.25) is 4.57 Å². The molecule has 0 saturated carbocycles. The molecule has 0 N–H and O–H groups in total. The maximum absolute atomic E-state index is 12.8. The topological polar surface area (TPSA) is 72.5 Å². The minimum atomic E-state index is -3.35. The van der Waals surface area contributed by atoms with Crippen LogP contribution in [0.3, 0.4) is 0 Å². The van der Waals surface area contributed by atoms with Gasteiger partial charge in [0, 0.05) is 18.7 Å². The molecule has 0 spiro atoms. The van der Waals surface area contributed by atoms with Gasteiger partial charge in [0.05, 0.1) is 37.6 Å². The van der Waals surface area contributed by atoms with E-state index in [1.165, 1.54) is 6.66 Å². The molecule has 4 radical (unpaired) electrons. The third-order valence-corrected chi connectivity index (χ3v) is 5.57. The second-order valence-electron chi connectivity index (χ2n) is 7.71. The molecular weight excluding hydrogens is 369 g/mol. The van der Waals surface area contributed by atoms with Crippen LogP contribution in [0, 0.1) is 0 Å². The van der Waals surface area contributed by atoms with Gasteiger partial charge >= 0.3 is 7.60 Å². The average molecular weight is 400 g/mol. The molecule has 2 aliphatic heterocycles. The lowest BCUT2D eigenvalue weighted by atomic mass is 9.96. The quantitative estimate of drug-likeness (QED) is 0.411. The summed E-state index contributed by atoms with van der Waals surface area (Å²) in [6.45, 7) is 9.58. The Balaban J connectivity index is 1.87. The van der Waals surface area contributed by atoms with E-state index in [4.69, 9.17) is 43.7 Å². The van der Waals surface area contributed by atoms with Gasteiger partial charge in [-0.25, -0.2) is 0 Å². The largest absolute Gasteiger partial charge is 0.380 e. The number of hydrogen-bond acceptors (Lipinski definition) is 7. The van der Waals surface area contributed by atoms with Gasteiger partial charge < -0.3 is 28.0 Å². The van der Waals surface area contributed by atoms with Gasteiger partial charge in [0.1, 0.15) is 27.9 Å². The van der Waals surface area contributed by atoms with Gasteiger partial charge in [-0.2, -0.15) is 0 Å². The van der Waals surface area contributed by atoms with Crippen molar-refractivity contribution >= 4 is 23.3 Å². The Kier molecular flexibility index (Phi) is 8.87. The molecule has 152 valence electrons. The van der Waals surface area contributed by atoms with E-state index in [0.717, 1.165) is 0 Å². The van der Waals surface area contributed by atoms with Gasteiger partial charge in [-0.15, -0.1) is 0 Å². The highest BCUT2D eigenvalue weighted by Crippen LogP contribution is 2.48. The van der Waals surface area contributed by atoms with Gasteiger partial charge in [0.15, 0.2) is 0 Å². The summed E-state index contributed by atoms with van der Waals surface area (Å²) in [4.78, 5) is 0. The van der Waals surface area contributed by atoms with Crippen LogP contribution >= 0.6 is 7.60 Å². The molecule has 0 aromatic carbocycles. The summed E-state index contributed by atoms with van der Waals surface area (Å²) in [7, 11) is 8.35. The first kappa shape index (κ1) is 23.4. The minimum Gasteiger partial charge on any atom is -0.380 e. The van der Waals surface area contributed by atoms with Crippen LogP contribution in [0.5, 0.6) is 0 Å². The molecule has 2 aliphatic rings. The normalized spacial score (nSPS) is 36.6. The zero-order valence-electron chi connectivity index (χ0n) is 16.9. The van der Waals surface area contributed by atoms with E-state index in [2.05, 4.69) is 0 Å². The molecule has 0 aliphatic carbocycles. The van der Waals surface area contributed by atoms with Crippen molar-refractivity contribution in [1.29, 1.82) is 0 Å². The van der Waals surface area contributed by atoms with Crippen LogP contribution < -0.4 is 0 Å². The van der Waals surface area contributed by atoms with Gasteiger partial charge in [-0.05, 0) is 40.5 Å². The van der Waals surface area contributed by atoms with Crippen LogP contribution in [0.25, 0.3) is 0 Å². The fraction of sp³-hybridized carbons (Fsp3) is 1.00. The lowest BCUT2D eigenvalue weighted by Crippen LogP contribution is -2.32. The summed E-state index contributed by atoms with van der Waals surface area (Å²) >= 11 is 0. The van der Waals surface area contributed by atoms with Crippen molar-refractivity contribution in [2.75, 3.05) is 19.9 Å². The molecule has 2 heterocycles. The Morgan fingerprint density at radius 3 is 2.07 bits per heavy atom. The van der Waals surface area contributed by atoms with E-state index >= 15 is 0 Å². The van der Waals surface area contributed by atoms with Crippen molar-refractivity contribution in [1.82, 2.24) is 0 Å². The van der Waals surface area contributed by atoms with Crippen molar-refractivity contribution < 1.29 is 32.6 Å². The first-order valence-corrected chi connectivity index (χ1v) is 11.5. The monoisotopic (exact) mass is 400 g/mol. The van der Waals surface area contributed by atoms with E-state index in [0.29, 0.717) is 19.4 Å². The van der Waals surface area contributed by atoms with Crippen LogP contribution in [0.2, 0.25) is 0 Å². The summed E-state index contributed by atoms with van der Waals surface area (Å²) in [6, 6.07) is -0.894. The van der Waals surface area contributed by atoms with Gasteiger partial charge in [-0.1, -0.05) is 0 Å². The summed E-state index contributed by atoms with van der Waals surface area (Å²) < 4.78 is 46.8. The lowest BCUT2D eigenvalue weighted by Gasteiger charge is -2.26. The summed E-state index contributed by atoms with van der Waals surface area (Å²) in [5.74, 6) is 0. The average Bonchev–Trinajstić information content (AvgIpc) is 3.04. The van der Waals surface area contributed by atoms with E-state index in [1.54, 1.807) is 0 Å². The standard InChI is InChI=1S/C17H31B2O7P/c1-10(2)21-8-14-13(7-17(19)24-14)26-27(5,20)22-9-15-12(23-11(3)4)6-16(18)25-15/h10-17H,6-9H2,1-5H3/t12-,13-,14-,15-,16-,17-,27?/m1/s1. The zero-order valence-corrected chi connectivity index (χ0v) is 17.8. The SMILES string of the molecule is [B][C@H]1C[C@@H](OC(C)C)[C@@H](COP(C)(=O)O[C@@H]2C[C@H]([B])O[C@@H]2COC(C)C)O1. The van der Waals surface area contributed by atoms with E-state index < -0.39 is 25.7 Å². The van der Waals surface area contributed by atoms with Crippen molar-refractivity contribution in [3.05, 3.63) is 0 Å². The molecular formula is C17H31B2O7P. The smallest absolute Gasteiger partial charge is 0.328 e. The highest BCUT2D eigenvalue weighted by molar-refractivity contribution is 7.53. The Hall–Kier alpha value is 0.120. The molecule has 0 aromatic rings. The molecule has 0 bridgehead atoms. The van der Waals surface area contributed by atoms with Crippen molar-refractivity contribution in [3.8, 4) is 0 Å². The Bertz CT molecular complexity index is 508. The molecule has 7 atom stereocenters. The van der Waals surface area contributed by atoms with E-state index in [1.807, 2.05) is 27.7 Å². The molecule has 2 fully saturated rings. The van der Waals surface area contributed by atoms with Crippen molar-refractivity contribution in [3.63, 3.8) is 0 Å². The van der Waals surface area contributed by atoms with Crippen molar-refractivity contribution in [2.24, 2.45) is 0 Å². The molecule has 10 heteroatoms. The molecule has 1 unspecified atom stereocenters. The van der Waals surface area contributed by atoms with Crippen LogP contribution in [-0.2, 0) is 32.6 Å². The highest BCUT2D eigenvalue weighted by atomic mass is 31.2. The second-order valence-corrected chi connectivity index (χ2v) is 9.73. The Morgan fingerprint density at radius 1 is 0.963 bits per heavy atom. The fourth-order valence-corrected chi connectivity index (χ4v) is 4.36. The number of hydrogen-bond donors (Lipinski definition) is 0. The minimum absolute atomic E-state index is 0.0370. The Morgan fingerprint density at radius 2 is 1.52 bits per heavy atom. The second kappa shape index (κ2) is 10.2. The van der Waals surface area contributed by atoms with Gasteiger partial charge in [0.25, 0.3) is 0 Å². The fourth-order valence-electron chi connectivity index (χ4n) is 3.17. The van der Waals surface area contributed by atoms with Crippen LogP contribution in [0.15, 0.2) is 0 Å². The summed E-state index contributed by atoms with van der Waals surface area (Å²) in [5, 5.41) is 0. The van der Waals surface area contributed by atoms with Gasteiger partial charge in [0.2, 0.25) is 0 Å². The Labute approximate surface area is 165 Å². The number of ether oxygens (including phenoxy) is 4. The molecule has 7 nitrogen and oxygen atoms in total. The third-order valence-electron chi connectivity index (χ3n) is 4.30. The first-order chi connectivity index (χ1) is 12.6. The molecule has 27 heavy (non-hydrogen) atoms. The van der Waals surface area contributed by atoms with E-state index in [-0.39, 0.29) is 37.1 Å². The summed E-state index contributed by atoms with van der Waals surface area (Å²) in [5.41, 5.74) is 0. The molecule has 0 aromatic heterocycles. The predicted octanol–water partition coefficient (Wildman–Crippen LogP) is 2.00. The van der Waals surface area contributed by atoms with E-state index in [9.17, 15) is 4.57 Å². The maximum Gasteiger partial charge on any atom is 0.328 e.